The summed E-state index contributed by atoms with van der Waals surface area (Å²) in [7, 11) is 0. The fraction of sp³-hybridized carbons (Fsp3) is 0.240. The lowest BCUT2D eigenvalue weighted by atomic mass is 9.73. The molecule has 0 saturated carbocycles. The Morgan fingerprint density at radius 1 is 0.897 bits per heavy atom. The first-order chi connectivity index (χ1) is 14.2. The Morgan fingerprint density at radius 2 is 1.69 bits per heavy atom. The smallest absolute Gasteiger partial charge is 0.235 e. The first-order valence-electron chi connectivity index (χ1n) is 10.0. The van der Waals surface area contributed by atoms with Crippen LogP contribution in [0.2, 0.25) is 0 Å². The van der Waals surface area contributed by atoms with Crippen molar-refractivity contribution in [3.05, 3.63) is 89.2 Å². The highest BCUT2D eigenvalue weighted by molar-refractivity contribution is 5.99. The minimum Gasteiger partial charge on any atom is -0.381 e. The van der Waals surface area contributed by atoms with Gasteiger partial charge in [0, 0.05) is 18.9 Å². The topological polar surface area (TPSA) is 38.3 Å². The molecule has 1 aliphatic carbocycles. The number of amides is 1. The lowest BCUT2D eigenvalue weighted by Gasteiger charge is -2.36. The second-order valence-electron chi connectivity index (χ2n) is 7.86. The predicted molar refractivity (Wildman–Crippen MR) is 111 cm³/mol. The van der Waals surface area contributed by atoms with Crippen LogP contribution in [0.5, 0.6) is 0 Å². The number of rotatable bonds is 3. The van der Waals surface area contributed by atoms with E-state index in [1.165, 1.54) is 34.4 Å². The summed E-state index contributed by atoms with van der Waals surface area (Å²) in [6.07, 6.45) is 1.95. The maximum atomic E-state index is 13.9. The van der Waals surface area contributed by atoms with Crippen LogP contribution >= 0.6 is 0 Å². The Labute approximate surface area is 169 Å². The van der Waals surface area contributed by atoms with Crippen molar-refractivity contribution in [2.24, 2.45) is 0 Å². The number of nitrogens with one attached hydrogen (secondary N) is 1. The molecule has 0 bridgehead atoms. The molecule has 3 nitrogen and oxygen atoms in total. The quantitative estimate of drug-likeness (QED) is 0.532. The molecule has 1 aliphatic heterocycles. The van der Waals surface area contributed by atoms with Crippen molar-refractivity contribution in [3.8, 4) is 11.1 Å². The highest BCUT2D eigenvalue weighted by Gasteiger charge is 2.42. The van der Waals surface area contributed by atoms with E-state index < -0.39 is 5.41 Å². The van der Waals surface area contributed by atoms with Crippen LogP contribution in [0.25, 0.3) is 11.1 Å². The molecule has 5 rings (SSSR count). The van der Waals surface area contributed by atoms with Crippen molar-refractivity contribution < 1.29 is 13.9 Å². The van der Waals surface area contributed by atoms with Crippen molar-refractivity contribution in [2.45, 2.75) is 24.7 Å². The molecule has 0 unspecified atom stereocenters. The van der Waals surface area contributed by atoms with Crippen molar-refractivity contribution >= 4 is 11.6 Å². The Hall–Kier alpha value is -2.98. The largest absolute Gasteiger partial charge is 0.381 e. The number of ether oxygens (including phenoxy) is 1. The Balaban J connectivity index is 1.45. The molecule has 1 saturated heterocycles. The van der Waals surface area contributed by atoms with Gasteiger partial charge in [-0.05, 0) is 71.3 Å². The molecule has 0 atom stereocenters. The first kappa shape index (κ1) is 18.1. The van der Waals surface area contributed by atoms with Crippen LogP contribution in [0.3, 0.4) is 0 Å². The summed E-state index contributed by atoms with van der Waals surface area (Å²) in [5, 5.41) is 3.11. The van der Waals surface area contributed by atoms with E-state index in [-0.39, 0.29) is 11.7 Å². The van der Waals surface area contributed by atoms with E-state index in [0.717, 1.165) is 12.1 Å². The third-order valence-electron chi connectivity index (χ3n) is 6.21. The number of carbonyl (C=O) groups is 1. The van der Waals surface area contributed by atoms with Crippen molar-refractivity contribution in [1.29, 1.82) is 0 Å². The standard InChI is InChI=1S/C25H22FNO2/c26-20-6-3-5-19(16-20)25(10-12-29-13-11-25)24(28)27-21-8-9-23-18(15-21)14-17-4-1-2-7-22(17)23/h1-9,15-16H,10-14H2,(H,27,28). The number of hydrogen-bond acceptors (Lipinski definition) is 2. The van der Waals surface area contributed by atoms with Gasteiger partial charge >= 0.3 is 0 Å². The van der Waals surface area contributed by atoms with Gasteiger partial charge in [-0.3, -0.25) is 4.79 Å². The number of carbonyl (C=O) groups excluding carboxylic acids is 1. The zero-order chi connectivity index (χ0) is 19.8. The predicted octanol–water partition coefficient (Wildman–Crippen LogP) is 5.08. The molecule has 0 radical (unpaired) electrons. The summed E-state index contributed by atoms with van der Waals surface area (Å²) >= 11 is 0. The number of benzene rings is 3. The van der Waals surface area contributed by atoms with E-state index in [1.54, 1.807) is 6.07 Å². The van der Waals surface area contributed by atoms with Gasteiger partial charge in [-0.25, -0.2) is 4.39 Å². The molecule has 0 aromatic heterocycles. The summed E-state index contributed by atoms with van der Waals surface area (Å²) in [6, 6.07) is 20.9. The van der Waals surface area contributed by atoms with Gasteiger partial charge in [0.2, 0.25) is 5.91 Å². The molecule has 1 N–H and O–H groups in total. The van der Waals surface area contributed by atoms with Crippen LogP contribution in [-0.4, -0.2) is 19.1 Å². The summed E-state index contributed by atoms with van der Waals surface area (Å²) in [5.41, 5.74) is 5.74. The molecule has 1 amide bonds. The molecule has 0 spiro atoms. The first-order valence-corrected chi connectivity index (χ1v) is 10.0. The maximum Gasteiger partial charge on any atom is 0.235 e. The molecule has 2 aliphatic rings. The molecule has 3 aromatic carbocycles. The van der Waals surface area contributed by atoms with Gasteiger partial charge in [0.05, 0.1) is 5.41 Å². The summed E-state index contributed by atoms with van der Waals surface area (Å²) in [4.78, 5) is 13.4. The van der Waals surface area contributed by atoms with E-state index in [2.05, 4.69) is 41.7 Å². The van der Waals surface area contributed by atoms with E-state index in [9.17, 15) is 9.18 Å². The molecule has 3 aromatic rings. The zero-order valence-electron chi connectivity index (χ0n) is 16.1. The van der Waals surface area contributed by atoms with Gasteiger partial charge < -0.3 is 10.1 Å². The Kier molecular flexibility index (Phi) is 4.44. The van der Waals surface area contributed by atoms with Gasteiger partial charge in [-0.15, -0.1) is 0 Å². The van der Waals surface area contributed by atoms with Crippen LogP contribution in [0.1, 0.15) is 29.5 Å². The number of halogens is 1. The van der Waals surface area contributed by atoms with E-state index in [4.69, 9.17) is 4.74 Å². The number of fused-ring (bicyclic) bond motifs is 3. The third kappa shape index (κ3) is 3.14. The van der Waals surface area contributed by atoms with Crippen LogP contribution in [0, 0.1) is 5.82 Å². The minimum atomic E-state index is -0.775. The molecular weight excluding hydrogens is 365 g/mol. The molecule has 4 heteroatoms. The molecule has 1 fully saturated rings. The second-order valence-corrected chi connectivity index (χ2v) is 7.86. The molecule has 1 heterocycles. The van der Waals surface area contributed by atoms with E-state index in [0.29, 0.717) is 31.6 Å². The van der Waals surface area contributed by atoms with Crippen molar-refractivity contribution in [3.63, 3.8) is 0 Å². The maximum absolute atomic E-state index is 13.9. The fourth-order valence-corrected chi connectivity index (χ4v) is 4.63. The third-order valence-corrected chi connectivity index (χ3v) is 6.21. The average Bonchev–Trinajstić information content (AvgIpc) is 3.12. The Bertz CT molecular complexity index is 1090. The average molecular weight is 387 g/mol. The summed E-state index contributed by atoms with van der Waals surface area (Å²) in [6.45, 7) is 0.979. The zero-order valence-corrected chi connectivity index (χ0v) is 16.1. The lowest BCUT2D eigenvalue weighted by molar-refractivity contribution is -0.125. The lowest BCUT2D eigenvalue weighted by Crippen LogP contribution is -2.44. The van der Waals surface area contributed by atoms with Gasteiger partial charge in [-0.2, -0.15) is 0 Å². The normalized spacial score (nSPS) is 16.7. The molecule has 29 heavy (non-hydrogen) atoms. The Morgan fingerprint density at radius 3 is 2.52 bits per heavy atom. The highest BCUT2D eigenvalue weighted by atomic mass is 19.1. The van der Waals surface area contributed by atoms with E-state index >= 15 is 0 Å². The fourth-order valence-electron chi connectivity index (χ4n) is 4.63. The number of hydrogen-bond donors (Lipinski definition) is 1. The number of anilines is 1. The van der Waals surface area contributed by atoms with Crippen LogP contribution in [0.4, 0.5) is 10.1 Å². The van der Waals surface area contributed by atoms with Crippen molar-refractivity contribution in [1.82, 2.24) is 0 Å². The van der Waals surface area contributed by atoms with Crippen molar-refractivity contribution in [2.75, 3.05) is 18.5 Å². The van der Waals surface area contributed by atoms with Gasteiger partial charge in [0.25, 0.3) is 0 Å². The summed E-state index contributed by atoms with van der Waals surface area (Å²) < 4.78 is 19.4. The van der Waals surface area contributed by atoms with E-state index in [1.807, 2.05) is 12.1 Å². The van der Waals surface area contributed by atoms with Gasteiger partial charge in [-0.1, -0.05) is 42.5 Å². The van der Waals surface area contributed by atoms with Crippen LogP contribution in [0.15, 0.2) is 66.7 Å². The summed E-state index contributed by atoms with van der Waals surface area (Å²) in [5.74, 6) is -0.418. The SMILES string of the molecule is O=C(Nc1ccc2c(c1)Cc1ccccc1-2)C1(c2cccc(F)c2)CCOCC1. The molecule has 146 valence electrons. The monoisotopic (exact) mass is 387 g/mol. The van der Waals surface area contributed by atoms with Crippen LogP contribution < -0.4 is 5.32 Å². The van der Waals surface area contributed by atoms with Gasteiger partial charge in [0.15, 0.2) is 0 Å². The van der Waals surface area contributed by atoms with Crippen LogP contribution in [-0.2, 0) is 21.4 Å². The minimum absolute atomic E-state index is 0.0955. The molecular formula is C25H22FNO2. The second kappa shape index (κ2) is 7.12. The highest BCUT2D eigenvalue weighted by Crippen LogP contribution is 2.39. The van der Waals surface area contributed by atoms with Gasteiger partial charge in [0.1, 0.15) is 5.82 Å².